The fourth-order valence-corrected chi connectivity index (χ4v) is 2.68. The van der Waals surface area contributed by atoms with E-state index in [2.05, 4.69) is 10.3 Å². The molecule has 2 aromatic carbocycles. The fourth-order valence-electron chi connectivity index (χ4n) is 2.68. The Morgan fingerprint density at radius 1 is 1.12 bits per heavy atom. The summed E-state index contributed by atoms with van der Waals surface area (Å²) in [5.41, 5.74) is 1.53. The minimum atomic E-state index is -0.321. The first-order valence-electron chi connectivity index (χ1n) is 7.73. The maximum Gasteiger partial charge on any atom is 0.248 e. The van der Waals surface area contributed by atoms with Crippen molar-refractivity contribution in [3.63, 3.8) is 0 Å². The summed E-state index contributed by atoms with van der Waals surface area (Å²) in [5, 5.41) is 13.6. The van der Waals surface area contributed by atoms with Crippen molar-refractivity contribution in [2.24, 2.45) is 0 Å². The van der Waals surface area contributed by atoms with E-state index in [4.69, 9.17) is 0 Å². The van der Waals surface area contributed by atoms with Crippen molar-refractivity contribution in [2.45, 2.75) is 13.0 Å². The molecule has 122 valence electrons. The van der Waals surface area contributed by atoms with Gasteiger partial charge in [0.15, 0.2) is 5.78 Å². The number of aromatic nitrogens is 1. The van der Waals surface area contributed by atoms with E-state index in [1.54, 1.807) is 12.1 Å². The molecule has 1 heterocycles. The van der Waals surface area contributed by atoms with Gasteiger partial charge >= 0.3 is 0 Å². The van der Waals surface area contributed by atoms with E-state index in [1.807, 2.05) is 37.3 Å². The summed E-state index contributed by atoms with van der Waals surface area (Å²) in [6, 6.07) is 15.8. The number of hydrogen-bond donors (Lipinski definition) is 3. The highest BCUT2D eigenvalue weighted by molar-refractivity contribution is 6.09. The smallest absolute Gasteiger partial charge is 0.248 e. The van der Waals surface area contributed by atoms with Crippen LogP contribution in [0, 0.1) is 0 Å². The van der Waals surface area contributed by atoms with Crippen molar-refractivity contribution < 1.29 is 9.90 Å². The lowest BCUT2D eigenvalue weighted by Crippen LogP contribution is -2.26. The van der Waals surface area contributed by atoms with Gasteiger partial charge in [-0.05, 0) is 30.7 Å². The van der Waals surface area contributed by atoms with Gasteiger partial charge < -0.3 is 15.4 Å². The average molecular weight is 322 g/mol. The van der Waals surface area contributed by atoms with E-state index in [9.17, 15) is 14.7 Å². The van der Waals surface area contributed by atoms with Crippen molar-refractivity contribution in [1.82, 2.24) is 10.3 Å². The van der Waals surface area contributed by atoms with Gasteiger partial charge in [-0.2, -0.15) is 0 Å². The van der Waals surface area contributed by atoms with Gasteiger partial charge in [0, 0.05) is 23.1 Å². The maximum atomic E-state index is 12.6. The molecule has 0 aliphatic heterocycles. The standard InChI is InChI=1S/C19H18N2O3/c1-12(13-5-3-2-4-6-13)20-11-17(23)14-7-9-16(22)19-15(14)8-10-18(24)21-19/h2-10,12,20,22H,11H2,1H3,(H,21,24). The van der Waals surface area contributed by atoms with Crippen LogP contribution in [-0.2, 0) is 0 Å². The Morgan fingerprint density at radius 2 is 1.88 bits per heavy atom. The molecule has 1 unspecified atom stereocenters. The molecular weight excluding hydrogens is 304 g/mol. The van der Waals surface area contributed by atoms with Crippen molar-refractivity contribution in [1.29, 1.82) is 0 Å². The Labute approximate surface area is 139 Å². The number of hydrogen-bond acceptors (Lipinski definition) is 4. The minimum Gasteiger partial charge on any atom is -0.506 e. The largest absolute Gasteiger partial charge is 0.506 e. The molecule has 24 heavy (non-hydrogen) atoms. The normalized spacial score (nSPS) is 12.2. The SMILES string of the molecule is CC(NCC(=O)c1ccc(O)c2[nH]c(=O)ccc12)c1ccccc1. The summed E-state index contributed by atoms with van der Waals surface area (Å²) < 4.78 is 0. The molecule has 5 heteroatoms. The zero-order chi connectivity index (χ0) is 17.1. The highest BCUT2D eigenvalue weighted by Gasteiger charge is 2.14. The number of carbonyl (C=O) groups excluding carboxylic acids is 1. The molecule has 0 aliphatic carbocycles. The highest BCUT2D eigenvalue weighted by Crippen LogP contribution is 2.25. The molecule has 0 spiro atoms. The second kappa shape index (κ2) is 6.68. The van der Waals surface area contributed by atoms with Crippen LogP contribution in [0.3, 0.4) is 0 Å². The van der Waals surface area contributed by atoms with Crippen LogP contribution in [0.25, 0.3) is 10.9 Å². The predicted molar refractivity (Wildman–Crippen MR) is 93.4 cm³/mol. The molecular formula is C19H18N2O3. The molecule has 0 bridgehead atoms. The number of aromatic hydroxyl groups is 1. The summed E-state index contributed by atoms with van der Waals surface area (Å²) in [7, 11) is 0. The third-order valence-corrected chi connectivity index (χ3v) is 4.04. The summed E-state index contributed by atoms with van der Waals surface area (Å²) >= 11 is 0. The predicted octanol–water partition coefficient (Wildman–Crippen LogP) is 2.77. The summed E-state index contributed by atoms with van der Waals surface area (Å²) in [5.74, 6) is -0.153. The molecule has 3 N–H and O–H groups in total. The monoisotopic (exact) mass is 322 g/mol. The Kier molecular flexibility index (Phi) is 4.44. The van der Waals surface area contributed by atoms with E-state index >= 15 is 0 Å². The molecule has 0 radical (unpaired) electrons. The number of ketones is 1. The van der Waals surface area contributed by atoms with E-state index in [1.165, 1.54) is 12.1 Å². The molecule has 5 nitrogen and oxygen atoms in total. The molecule has 3 rings (SSSR count). The molecule has 0 saturated heterocycles. The van der Waals surface area contributed by atoms with Gasteiger partial charge in [0.2, 0.25) is 5.56 Å². The minimum absolute atomic E-state index is 0.0401. The van der Waals surface area contributed by atoms with Crippen LogP contribution in [0.5, 0.6) is 5.75 Å². The zero-order valence-electron chi connectivity index (χ0n) is 13.2. The molecule has 0 saturated carbocycles. The number of phenolic OH excluding ortho intramolecular Hbond substituents is 1. The third-order valence-electron chi connectivity index (χ3n) is 4.04. The first-order chi connectivity index (χ1) is 11.6. The van der Waals surface area contributed by atoms with Crippen LogP contribution in [0.4, 0.5) is 0 Å². The number of fused-ring (bicyclic) bond motifs is 1. The van der Waals surface area contributed by atoms with Crippen molar-refractivity contribution in [3.05, 3.63) is 76.1 Å². The van der Waals surface area contributed by atoms with Crippen molar-refractivity contribution >= 4 is 16.7 Å². The molecule has 3 aromatic rings. The second-order valence-corrected chi connectivity index (χ2v) is 5.68. The zero-order valence-corrected chi connectivity index (χ0v) is 13.2. The van der Waals surface area contributed by atoms with Crippen molar-refractivity contribution in [3.8, 4) is 5.75 Å². The third kappa shape index (κ3) is 3.21. The maximum absolute atomic E-state index is 12.6. The number of carbonyl (C=O) groups is 1. The quantitative estimate of drug-likeness (QED) is 0.631. The number of nitrogens with one attached hydrogen (secondary N) is 2. The van der Waals surface area contributed by atoms with E-state index in [-0.39, 0.29) is 35.2 Å². The van der Waals surface area contributed by atoms with Crippen LogP contribution < -0.4 is 10.9 Å². The molecule has 0 aliphatic rings. The number of benzene rings is 2. The van der Waals surface area contributed by atoms with E-state index in [0.717, 1.165) is 5.56 Å². The topological polar surface area (TPSA) is 82.2 Å². The Bertz CT molecular complexity index is 932. The Hall–Kier alpha value is -2.92. The summed E-state index contributed by atoms with van der Waals surface area (Å²) in [6.07, 6.45) is 0. The number of H-pyrrole nitrogens is 1. The highest BCUT2D eigenvalue weighted by atomic mass is 16.3. The number of Topliss-reactive ketones (excluding diaryl/α,β-unsaturated/α-hetero) is 1. The van der Waals surface area contributed by atoms with Gasteiger partial charge in [-0.15, -0.1) is 0 Å². The number of pyridine rings is 1. The Balaban J connectivity index is 1.82. The van der Waals surface area contributed by atoms with Crippen molar-refractivity contribution in [2.75, 3.05) is 6.54 Å². The van der Waals surface area contributed by atoms with E-state index in [0.29, 0.717) is 10.9 Å². The van der Waals surface area contributed by atoms with Gasteiger partial charge in [0.1, 0.15) is 5.75 Å². The first kappa shape index (κ1) is 16.0. The van der Waals surface area contributed by atoms with Crippen LogP contribution in [-0.4, -0.2) is 22.4 Å². The van der Waals surface area contributed by atoms with Gasteiger partial charge in [-0.1, -0.05) is 30.3 Å². The number of phenols is 1. The van der Waals surface area contributed by atoms with Crippen LogP contribution >= 0.6 is 0 Å². The number of aromatic amines is 1. The summed E-state index contributed by atoms with van der Waals surface area (Å²) in [4.78, 5) is 26.5. The fraction of sp³-hybridized carbons (Fsp3) is 0.158. The molecule has 0 amide bonds. The summed E-state index contributed by atoms with van der Waals surface area (Å²) in [6.45, 7) is 2.16. The van der Waals surface area contributed by atoms with Crippen LogP contribution in [0.1, 0.15) is 28.9 Å². The lowest BCUT2D eigenvalue weighted by Gasteiger charge is -2.14. The van der Waals surface area contributed by atoms with Gasteiger partial charge in [-0.3, -0.25) is 9.59 Å². The molecule has 0 fully saturated rings. The molecule has 1 atom stereocenters. The van der Waals surface area contributed by atoms with E-state index < -0.39 is 0 Å². The first-order valence-corrected chi connectivity index (χ1v) is 7.73. The Morgan fingerprint density at radius 3 is 2.62 bits per heavy atom. The van der Waals surface area contributed by atoms with Gasteiger partial charge in [0.05, 0.1) is 12.1 Å². The average Bonchev–Trinajstić information content (AvgIpc) is 2.61. The number of rotatable bonds is 5. The molecule has 1 aromatic heterocycles. The van der Waals surface area contributed by atoms with Crippen LogP contribution in [0.2, 0.25) is 0 Å². The lowest BCUT2D eigenvalue weighted by molar-refractivity contribution is 0.0989. The van der Waals surface area contributed by atoms with Gasteiger partial charge in [0.25, 0.3) is 0 Å². The van der Waals surface area contributed by atoms with Crippen LogP contribution in [0.15, 0.2) is 59.4 Å². The van der Waals surface area contributed by atoms with Gasteiger partial charge in [-0.25, -0.2) is 0 Å². The second-order valence-electron chi connectivity index (χ2n) is 5.68. The lowest BCUT2D eigenvalue weighted by atomic mass is 10.0.